The molecule has 0 N–H and O–H groups in total. The van der Waals surface area contributed by atoms with E-state index in [2.05, 4.69) is 45.7 Å². The smallest absolute Gasteiger partial charge is 0.338 e. The fourth-order valence-corrected chi connectivity index (χ4v) is 2.69. The molecule has 0 aliphatic rings. The van der Waals surface area contributed by atoms with Crippen molar-refractivity contribution >= 4 is 14.3 Å². The van der Waals surface area contributed by atoms with Gasteiger partial charge in [-0.25, -0.2) is 4.79 Å². The third-order valence-corrected chi connectivity index (χ3v) is 8.93. The number of ether oxygens (including phenoxy) is 3. The van der Waals surface area contributed by atoms with Crippen molar-refractivity contribution in [3.8, 4) is 23.3 Å². The van der Waals surface area contributed by atoms with E-state index < -0.39 is 14.3 Å². The zero-order valence-electron chi connectivity index (χ0n) is 16.4. The molecule has 25 heavy (non-hydrogen) atoms. The summed E-state index contributed by atoms with van der Waals surface area (Å²) in [5, 5.41) is 0.131. The summed E-state index contributed by atoms with van der Waals surface area (Å²) in [5.74, 6) is 6.52. The van der Waals surface area contributed by atoms with Gasteiger partial charge in [0.15, 0.2) is 8.32 Å². The van der Waals surface area contributed by atoms with E-state index in [1.54, 1.807) is 12.1 Å². The van der Waals surface area contributed by atoms with Crippen molar-refractivity contribution in [2.45, 2.75) is 38.9 Å². The Labute approximate surface area is 151 Å². The number of rotatable bonds is 5. The molecule has 1 aromatic rings. The molecule has 0 bridgehead atoms. The molecule has 0 aliphatic heterocycles. The molecule has 0 aromatic heterocycles. The molecule has 1 rings (SSSR count). The predicted octanol–water partition coefficient (Wildman–Crippen LogP) is 3.86. The molecule has 0 atom stereocenters. The van der Waals surface area contributed by atoms with Crippen LogP contribution in [-0.2, 0) is 9.16 Å². The maximum Gasteiger partial charge on any atom is 0.338 e. The third kappa shape index (κ3) is 5.25. The van der Waals surface area contributed by atoms with E-state index in [0.29, 0.717) is 29.2 Å². The topological polar surface area (TPSA) is 54.0 Å². The molecule has 0 amide bonds. The minimum atomic E-state index is -1.84. The van der Waals surface area contributed by atoms with Gasteiger partial charge < -0.3 is 18.6 Å². The monoisotopic (exact) mass is 364 g/mol. The minimum absolute atomic E-state index is 0.131. The summed E-state index contributed by atoms with van der Waals surface area (Å²) < 4.78 is 21.5. The summed E-state index contributed by atoms with van der Waals surface area (Å²) in [6.07, 6.45) is 0. The van der Waals surface area contributed by atoms with Gasteiger partial charge in [0.2, 0.25) is 0 Å². The molecule has 0 saturated heterocycles. The quantitative estimate of drug-likeness (QED) is 0.451. The summed E-state index contributed by atoms with van der Waals surface area (Å²) >= 11 is 0. The SMILES string of the molecule is COC(=O)c1cc(OC)c(C#CCO[Si](C)(C)C(C)(C)C)c(OC)c1. The highest BCUT2D eigenvalue weighted by Gasteiger charge is 2.36. The van der Waals surface area contributed by atoms with Crippen LogP contribution in [0.3, 0.4) is 0 Å². The van der Waals surface area contributed by atoms with E-state index in [1.165, 1.54) is 21.3 Å². The molecule has 0 aliphatic carbocycles. The lowest BCUT2D eigenvalue weighted by molar-refractivity contribution is 0.0600. The summed E-state index contributed by atoms with van der Waals surface area (Å²) in [6, 6.07) is 3.18. The van der Waals surface area contributed by atoms with Crippen molar-refractivity contribution in [2.24, 2.45) is 0 Å². The fraction of sp³-hybridized carbons (Fsp3) is 0.526. The first kappa shape index (κ1) is 21.1. The van der Waals surface area contributed by atoms with Crippen LogP contribution in [0.15, 0.2) is 12.1 Å². The zero-order chi connectivity index (χ0) is 19.3. The van der Waals surface area contributed by atoms with Crippen molar-refractivity contribution in [3.05, 3.63) is 23.3 Å². The van der Waals surface area contributed by atoms with Crippen LogP contribution in [0.1, 0.15) is 36.7 Å². The summed E-state index contributed by atoms with van der Waals surface area (Å²) in [4.78, 5) is 11.7. The molecular formula is C19H28O5Si. The Morgan fingerprint density at radius 3 is 2.00 bits per heavy atom. The lowest BCUT2D eigenvalue weighted by Gasteiger charge is -2.35. The van der Waals surface area contributed by atoms with Gasteiger partial charge in [0.25, 0.3) is 0 Å². The standard InChI is InChI=1S/C19H28O5Si/c1-19(2,3)25(7,8)24-11-9-10-15-16(21-4)12-14(18(20)23-6)13-17(15)22-5/h12-13H,11H2,1-8H3. The van der Waals surface area contributed by atoms with E-state index in [9.17, 15) is 4.79 Å². The van der Waals surface area contributed by atoms with Gasteiger partial charge in [0.1, 0.15) is 17.1 Å². The Bertz CT molecular complexity index is 652. The number of benzene rings is 1. The van der Waals surface area contributed by atoms with Gasteiger partial charge in [0.05, 0.1) is 33.5 Å². The number of esters is 1. The maximum atomic E-state index is 11.7. The Balaban J connectivity index is 3.09. The first-order chi connectivity index (χ1) is 11.6. The second kappa shape index (κ2) is 8.41. The highest BCUT2D eigenvalue weighted by molar-refractivity contribution is 6.74. The molecule has 0 spiro atoms. The Hall–Kier alpha value is -1.97. The molecular weight excluding hydrogens is 336 g/mol. The Morgan fingerprint density at radius 1 is 1.08 bits per heavy atom. The van der Waals surface area contributed by atoms with Crippen LogP contribution < -0.4 is 9.47 Å². The van der Waals surface area contributed by atoms with Crippen molar-refractivity contribution in [1.82, 2.24) is 0 Å². The summed E-state index contributed by atoms with van der Waals surface area (Å²) in [6.45, 7) is 11.3. The molecule has 0 radical (unpaired) electrons. The van der Waals surface area contributed by atoms with Gasteiger partial charge in [0, 0.05) is 0 Å². The molecule has 1 aromatic carbocycles. The highest BCUT2D eigenvalue weighted by atomic mass is 28.4. The number of hydrogen-bond donors (Lipinski definition) is 0. The zero-order valence-corrected chi connectivity index (χ0v) is 17.4. The second-order valence-electron chi connectivity index (χ2n) is 7.10. The maximum absolute atomic E-state index is 11.7. The van der Waals surface area contributed by atoms with Crippen LogP contribution in [0.25, 0.3) is 0 Å². The Morgan fingerprint density at radius 2 is 1.60 bits per heavy atom. The van der Waals surface area contributed by atoms with Gasteiger partial charge in [-0.15, -0.1) is 0 Å². The van der Waals surface area contributed by atoms with Crippen LogP contribution in [-0.4, -0.2) is 42.2 Å². The molecule has 5 nitrogen and oxygen atoms in total. The van der Waals surface area contributed by atoms with Gasteiger partial charge in [-0.2, -0.15) is 0 Å². The fourth-order valence-electron chi connectivity index (χ4n) is 1.83. The Kier molecular flexibility index (Phi) is 7.09. The van der Waals surface area contributed by atoms with Crippen LogP contribution in [0.5, 0.6) is 11.5 Å². The largest absolute Gasteiger partial charge is 0.495 e. The lowest BCUT2D eigenvalue weighted by atomic mass is 10.1. The van der Waals surface area contributed by atoms with E-state index in [-0.39, 0.29) is 5.04 Å². The van der Waals surface area contributed by atoms with Crippen molar-refractivity contribution in [1.29, 1.82) is 0 Å². The van der Waals surface area contributed by atoms with Crippen LogP contribution in [0.4, 0.5) is 0 Å². The number of hydrogen-bond acceptors (Lipinski definition) is 5. The summed E-state index contributed by atoms with van der Waals surface area (Å²) in [5.41, 5.74) is 0.927. The lowest BCUT2D eigenvalue weighted by Crippen LogP contribution is -2.40. The van der Waals surface area contributed by atoms with E-state index in [4.69, 9.17) is 18.6 Å². The van der Waals surface area contributed by atoms with Gasteiger partial charge in [-0.3, -0.25) is 0 Å². The van der Waals surface area contributed by atoms with Gasteiger partial charge >= 0.3 is 5.97 Å². The van der Waals surface area contributed by atoms with E-state index in [1.807, 2.05) is 0 Å². The van der Waals surface area contributed by atoms with Crippen molar-refractivity contribution < 1.29 is 23.4 Å². The first-order valence-electron chi connectivity index (χ1n) is 8.04. The van der Waals surface area contributed by atoms with Gasteiger partial charge in [-0.05, 0) is 30.3 Å². The molecule has 138 valence electrons. The normalized spacial score (nSPS) is 11.4. The molecule has 0 heterocycles. The average molecular weight is 365 g/mol. The van der Waals surface area contributed by atoms with Crippen LogP contribution >= 0.6 is 0 Å². The molecule has 0 saturated carbocycles. The number of carbonyl (C=O) groups is 1. The predicted molar refractivity (Wildman–Crippen MR) is 101 cm³/mol. The van der Waals surface area contributed by atoms with Crippen LogP contribution in [0.2, 0.25) is 18.1 Å². The average Bonchev–Trinajstić information content (AvgIpc) is 2.56. The van der Waals surface area contributed by atoms with E-state index in [0.717, 1.165) is 0 Å². The number of carbonyl (C=O) groups excluding carboxylic acids is 1. The van der Waals surface area contributed by atoms with Crippen molar-refractivity contribution in [3.63, 3.8) is 0 Å². The minimum Gasteiger partial charge on any atom is -0.495 e. The van der Waals surface area contributed by atoms with Crippen LogP contribution in [0, 0.1) is 11.8 Å². The second-order valence-corrected chi connectivity index (χ2v) is 11.9. The van der Waals surface area contributed by atoms with E-state index >= 15 is 0 Å². The molecule has 6 heteroatoms. The first-order valence-corrected chi connectivity index (χ1v) is 11.0. The number of methoxy groups -OCH3 is 3. The van der Waals surface area contributed by atoms with Crippen molar-refractivity contribution in [2.75, 3.05) is 27.9 Å². The molecule has 0 unspecified atom stereocenters. The summed E-state index contributed by atoms with van der Waals surface area (Å²) in [7, 11) is 2.53. The third-order valence-electron chi connectivity index (χ3n) is 4.45. The highest BCUT2D eigenvalue weighted by Crippen LogP contribution is 2.36. The molecule has 0 fully saturated rings. The van der Waals surface area contributed by atoms with Gasteiger partial charge in [-0.1, -0.05) is 32.6 Å².